The number of rotatable bonds is 10. The van der Waals surface area contributed by atoms with Gasteiger partial charge in [-0.2, -0.15) is 0 Å². The van der Waals surface area contributed by atoms with Crippen molar-refractivity contribution in [2.75, 3.05) is 37.8 Å². The molecule has 0 heterocycles. The Balaban J connectivity index is 1.73. The van der Waals surface area contributed by atoms with Crippen LogP contribution in [-0.2, 0) is 16.3 Å². The molecule has 2 aromatic carbocycles. The van der Waals surface area contributed by atoms with E-state index >= 15 is 0 Å². The summed E-state index contributed by atoms with van der Waals surface area (Å²) in [5.41, 5.74) is 2.21. The van der Waals surface area contributed by atoms with Crippen LogP contribution in [0.4, 0.5) is 5.69 Å². The molecule has 152 valence electrons. The zero-order valence-corrected chi connectivity index (χ0v) is 17.4. The van der Waals surface area contributed by atoms with Crippen LogP contribution in [0.25, 0.3) is 0 Å². The summed E-state index contributed by atoms with van der Waals surface area (Å²) in [7, 11) is -3.14. The predicted molar refractivity (Wildman–Crippen MR) is 117 cm³/mol. The van der Waals surface area contributed by atoms with Crippen LogP contribution >= 0.6 is 0 Å². The van der Waals surface area contributed by atoms with Gasteiger partial charge in [0.1, 0.15) is 0 Å². The standard InChI is InChI=1S/C21H30N4O2S/c1-3-22-21(24-16-7-15-23-19-8-5-4-6-9-19)25-17-14-18-10-12-20(13-11-18)28(2,26)27/h4-6,8-13,23H,3,7,14-17H2,1-2H3,(H2,22,24,25). The molecule has 0 amide bonds. The van der Waals surface area contributed by atoms with Gasteiger partial charge in [0.25, 0.3) is 0 Å². The van der Waals surface area contributed by atoms with Crippen molar-refractivity contribution in [3.63, 3.8) is 0 Å². The number of hydrogen-bond donors (Lipinski definition) is 3. The molecule has 2 rings (SSSR count). The van der Waals surface area contributed by atoms with Gasteiger partial charge in [-0.15, -0.1) is 0 Å². The van der Waals surface area contributed by atoms with Gasteiger partial charge >= 0.3 is 0 Å². The van der Waals surface area contributed by atoms with Crippen molar-refractivity contribution in [1.29, 1.82) is 0 Å². The molecule has 0 bridgehead atoms. The normalized spacial score (nSPS) is 11.9. The van der Waals surface area contributed by atoms with Crippen LogP contribution in [-0.4, -0.2) is 46.8 Å². The lowest BCUT2D eigenvalue weighted by atomic mass is 10.1. The van der Waals surface area contributed by atoms with Gasteiger partial charge < -0.3 is 16.0 Å². The van der Waals surface area contributed by atoms with E-state index in [-0.39, 0.29) is 0 Å². The summed E-state index contributed by atoms with van der Waals surface area (Å²) in [5.74, 6) is 0.801. The monoisotopic (exact) mass is 402 g/mol. The summed E-state index contributed by atoms with van der Waals surface area (Å²) < 4.78 is 23.0. The lowest BCUT2D eigenvalue weighted by Gasteiger charge is -2.12. The van der Waals surface area contributed by atoms with Gasteiger partial charge in [-0.3, -0.25) is 4.99 Å². The highest BCUT2D eigenvalue weighted by Crippen LogP contribution is 2.10. The lowest BCUT2D eigenvalue weighted by Crippen LogP contribution is -2.38. The highest BCUT2D eigenvalue weighted by Gasteiger charge is 2.06. The zero-order valence-electron chi connectivity index (χ0n) is 16.6. The summed E-state index contributed by atoms with van der Waals surface area (Å²) in [6.45, 7) is 5.18. The van der Waals surface area contributed by atoms with Crippen molar-refractivity contribution in [2.24, 2.45) is 4.99 Å². The molecule has 3 N–H and O–H groups in total. The number of guanidine groups is 1. The van der Waals surface area contributed by atoms with Crippen LogP contribution in [0.2, 0.25) is 0 Å². The first-order valence-corrected chi connectivity index (χ1v) is 11.5. The molecular weight excluding hydrogens is 372 g/mol. The topological polar surface area (TPSA) is 82.6 Å². The van der Waals surface area contributed by atoms with Gasteiger partial charge in [0.15, 0.2) is 15.8 Å². The van der Waals surface area contributed by atoms with Gasteiger partial charge in [-0.25, -0.2) is 8.42 Å². The number of sulfone groups is 1. The minimum absolute atomic E-state index is 0.350. The molecule has 0 aliphatic heterocycles. The van der Waals surface area contributed by atoms with Crippen molar-refractivity contribution < 1.29 is 8.42 Å². The summed E-state index contributed by atoms with van der Waals surface area (Å²) in [5, 5.41) is 9.95. The van der Waals surface area contributed by atoms with Gasteiger partial charge in [-0.05, 0) is 49.6 Å². The minimum Gasteiger partial charge on any atom is -0.385 e. The number of benzene rings is 2. The fourth-order valence-electron chi connectivity index (χ4n) is 2.63. The molecule has 0 aromatic heterocycles. The van der Waals surface area contributed by atoms with Crippen molar-refractivity contribution in [2.45, 2.75) is 24.7 Å². The Morgan fingerprint density at radius 1 is 0.964 bits per heavy atom. The smallest absolute Gasteiger partial charge is 0.191 e. The number of nitrogens with zero attached hydrogens (tertiary/aromatic N) is 1. The summed E-state index contributed by atoms with van der Waals surface area (Å²) in [6, 6.07) is 17.2. The van der Waals surface area contributed by atoms with E-state index in [1.54, 1.807) is 12.1 Å². The van der Waals surface area contributed by atoms with Gasteiger partial charge in [0, 0.05) is 38.1 Å². The molecule has 0 saturated heterocycles. The molecule has 0 aliphatic rings. The van der Waals surface area contributed by atoms with E-state index in [9.17, 15) is 8.42 Å². The highest BCUT2D eigenvalue weighted by molar-refractivity contribution is 7.90. The maximum Gasteiger partial charge on any atom is 0.191 e. The van der Waals surface area contributed by atoms with Gasteiger partial charge in [0.2, 0.25) is 0 Å². The third-order valence-corrected chi connectivity index (χ3v) is 5.24. The Labute approximate surface area is 168 Å². The molecule has 0 radical (unpaired) electrons. The third kappa shape index (κ3) is 8.00. The Kier molecular flexibility index (Phi) is 8.81. The Bertz CT molecular complexity index is 834. The SMILES string of the molecule is CCNC(=NCCCNc1ccccc1)NCCc1ccc(S(C)(=O)=O)cc1. The van der Waals surface area contributed by atoms with Gasteiger partial charge in [0.05, 0.1) is 4.90 Å². The summed E-state index contributed by atoms with van der Waals surface area (Å²) in [4.78, 5) is 4.95. The van der Waals surface area contributed by atoms with Crippen LogP contribution in [0, 0.1) is 0 Å². The zero-order chi connectivity index (χ0) is 20.2. The van der Waals surface area contributed by atoms with E-state index in [0.717, 1.165) is 56.2 Å². The number of aliphatic imine (C=N–C) groups is 1. The van der Waals surface area contributed by atoms with Gasteiger partial charge in [-0.1, -0.05) is 30.3 Å². The fourth-order valence-corrected chi connectivity index (χ4v) is 3.26. The maximum absolute atomic E-state index is 11.5. The van der Waals surface area contributed by atoms with Crippen molar-refractivity contribution >= 4 is 21.5 Å². The summed E-state index contributed by atoms with van der Waals surface area (Å²) >= 11 is 0. The molecular formula is C21H30N4O2S. The second kappa shape index (κ2) is 11.3. The van der Waals surface area contributed by atoms with E-state index in [1.807, 2.05) is 37.3 Å². The molecule has 0 atom stereocenters. The van der Waals surface area contributed by atoms with E-state index < -0.39 is 9.84 Å². The quantitative estimate of drug-likeness (QED) is 0.323. The number of anilines is 1. The third-order valence-electron chi connectivity index (χ3n) is 4.11. The van der Waals surface area contributed by atoms with E-state index in [1.165, 1.54) is 6.26 Å². The molecule has 0 fully saturated rings. The average Bonchev–Trinajstić information content (AvgIpc) is 2.68. The van der Waals surface area contributed by atoms with Crippen LogP contribution in [0.3, 0.4) is 0 Å². The highest BCUT2D eigenvalue weighted by atomic mass is 32.2. The molecule has 6 nitrogen and oxygen atoms in total. The van der Waals surface area contributed by atoms with Crippen LogP contribution in [0.1, 0.15) is 18.9 Å². The molecule has 0 unspecified atom stereocenters. The van der Waals surface area contributed by atoms with Crippen LogP contribution in [0.5, 0.6) is 0 Å². The second-order valence-corrected chi connectivity index (χ2v) is 8.52. The Morgan fingerprint density at radius 2 is 1.68 bits per heavy atom. The number of nitrogens with one attached hydrogen (secondary N) is 3. The lowest BCUT2D eigenvalue weighted by molar-refractivity contribution is 0.602. The molecule has 7 heteroatoms. The molecule has 0 spiro atoms. The predicted octanol–water partition coefficient (Wildman–Crippen LogP) is 2.69. The minimum atomic E-state index is -3.14. The summed E-state index contributed by atoms with van der Waals surface area (Å²) in [6.07, 6.45) is 2.96. The molecule has 28 heavy (non-hydrogen) atoms. The second-order valence-electron chi connectivity index (χ2n) is 6.50. The Morgan fingerprint density at radius 3 is 2.32 bits per heavy atom. The van der Waals surface area contributed by atoms with E-state index in [4.69, 9.17) is 0 Å². The number of hydrogen-bond acceptors (Lipinski definition) is 4. The fraction of sp³-hybridized carbons (Fsp3) is 0.381. The first kappa shape index (κ1) is 21.8. The van der Waals surface area contributed by atoms with Crippen molar-refractivity contribution in [1.82, 2.24) is 10.6 Å². The first-order valence-electron chi connectivity index (χ1n) is 9.59. The average molecular weight is 403 g/mol. The van der Waals surface area contributed by atoms with Crippen LogP contribution in [0.15, 0.2) is 64.5 Å². The molecule has 2 aromatic rings. The molecule has 0 aliphatic carbocycles. The Hall–Kier alpha value is -2.54. The maximum atomic E-state index is 11.5. The van der Waals surface area contributed by atoms with Crippen molar-refractivity contribution in [3.8, 4) is 0 Å². The first-order chi connectivity index (χ1) is 13.5. The molecule has 0 saturated carbocycles. The largest absolute Gasteiger partial charge is 0.385 e. The van der Waals surface area contributed by atoms with Crippen LogP contribution < -0.4 is 16.0 Å². The van der Waals surface area contributed by atoms with E-state index in [2.05, 4.69) is 33.1 Å². The van der Waals surface area contributed by atoms with E-state index in [0.29, 0.717) is 4.90 Å². The van der Waals surface area contributed by atoms with Crippen molar-refractivity contribution in [3.05, 3.63) is 60.2 Å². The number of para-hydroxylation sites is 1.